The Hall–Kier alpha value is -3.92. The lowest BCUT2D eigenvalue weighted by atomic mass is 10.2. The number of nitrogens with zero attached hydrogens (tertiary/aromatic N) is 3. The van der Waals surface area contributed by atoms with Crippen LogP contribution in [0.1, 0.15) is 11.4 Å². The maximum absolute atomic E-state index is 12.6. The molecular formula is C21H24N6O4. The summed E-state index contributed by atoms with van der Waals surface area (Å²) in [6, 6.07) is 13.8. The lowest BCUT2D eigenvalue weighted by Crippen LogP contribution is -2.23. The third-order valence-electron chi connectivity index (χ3n) is 4.64. The van der Waals surface area contributed by atoms with Crippen molar-refractivity contribution in [2.75, 3.05) is 35.6 Å². The predicted molar refractivity (Wildman–Crippen MR) is 119 cm³/mol. The van der Waals surface area contributed by atoms with Gasteiger partial charge >= 0.3 is 0 Å². The number of carbonyl (C=O) groups excluding carboxylic acids is 1. The van der Waals surface area contributed by atoms with E-state index >= 15 is 0 Å². The number of anilines is 3. The van der Waals surface area contributed by atoms with Gasteiger partial charge in [0.2, 0.25) is 5.91 Å². The molecule has 2 aromatic carbocycles. The molecule has 1 aromatic heterocycles. The zero-order chi connectivity index (χ0) is 22.4. The standard InChI is InChI=1S/C21H24N6O4/c1-14-21(15(2)26(25-14)16-6-4-3-5-7-16)24-20(29)13-23-19-12-17(27(30)31)8-9-18(19)22-10-11-28/h3-9,12,22-23,28H,10-11,13H2,1-2H3,(H,24,29). The third-order valence-corrected chi connectivity index (χ3v) is 4.64. The predicted octanol–water partition coefficient (Wildman–Crippen LogP) is 2.85. The van der Waals surface area contributed by atoms with E-state index in [1.807, 2.05) is 44.2 Å². The Morgan fingerprint density at radius 1 is 1.13 bits per heavy atom. The smallest absolute Gasteiger partial charge is 0.271 e. The Labute approximate surface area is 179 Å². The molecule has 4 N–H and O–H groups in total. The van der Waals surface area contributed by atoms with Crippen molar-refractivity contribution < 1.29 is 14.8 Å². The monoisotopic (exact) mass is 424 g/mol. The summed E-state index contributed by atoms with van der Waals surface area (Å²) in [5, 5.41) is 33.4. The summed E-state index contributed by atoms with van der Waals surface area (Å²) in [4.78, 5) is 23.1. The summed E-state index contributed by atoms with van der Waals surface area (Å²) in [5.74, 6) is -0.321. The van der Waals surface area contributed by atoms with Crippen molar-refractivity contribution in [2.45, 2.75) is 13.8 Å². The van der Waals surface area contributed by atoms with Gasteiger partial charge in [-0.1, -0.05) is 18.2 Å². The molecule has 31 heavy (non-hydrogen) atoms. The number of aliphatic hydroxyl groups is 1. The summed E-state index contributed by atoms with van der Waals surface area (Å²) in [5.41, 5.74) is 3.82. The molecule has 3 aromatic rings. The lowest BCUT2D eigenvalue weighted by molar-refractivity contribution is -0.384. The maximum Gasteiger partial charge on any atom is 0.271 e. The Balaban J connectivity index is 1.73. The number of rotatable bonds is 9. The molecule has 1 amide bonds. The van der Waals surface area contributed by atoms with E-state index in [1.165, 1.54) is 18.2 Å². The highest BCUT2D eigenvalue weighted by atomic mass is 16.6. The molecule has 0 aliphatic rings. The first-order valence-corrected chi connectivity index (χ1v) is 9.69. The van der Waals surface area contributed by atoms with Crippen molar-refractivity contribution in [2.24, 2.45) is 0 Å². The Morgan fingerprint density at radius 2 is 1.87 bits per heavy atom. The zero-order valence-electron chi connectivity index (χ0n) is 17.3. The molecule has 0 bridgehead atoms. The highest BCUT2D eigenvalue weighted by Crippen LogP contribution is 2.27. The van der Waals surface area contributed by atoms with Gasteiger partial charge in [0, 0.05) is 18.7 Å². The van der Waals surface area contributed by atoms with Crippen LogP contribution in [-0.2, 0) is 4.79 Å². The normalized spacial score (nSPS) is 10.5. The van der Waals surface area contributed by atoms with Gasteiger partial charge in [-0.25, -0.2) is 4.68 Å². The van der Waals surface area contributed by atoms with Gasteiger partial charge in [-0.05, 0) is 32.0 Å². The van der Waals surface area contributed by atoms with E-state index in [0.717, 1.165) is 11.4 Å². The van der Waals surface area contributed by atoms with Crippen molar-refractivity contribution in [3.8, 4) is 5.69 Å². The van der Waals surface area contributed by atoms with Crippen LogP contribution in [0.3, 0.4) is 0 Å². The number of hydrogen-bond acceptors (Lipinski definition) is 7. The van der Waals surface area contributed by atoms with Crippen LogP contribution in [0.2, 0.25) is 0 Å². The zero-order valence-corrected chi connectivity index (χ0v) is 17.3. The van der Waals surface area contributed by atoms with Crippen LogP contribution >= 0.6 is 0 Å². The number of amides is 1. The molecule has 0 spiro atoms. The quantitative estimate of drug-likeness (QED) is 0.306. The largest absolute Gasteiger partial charge is 0.395 e. The van der Waals surface area contributed by atoms with Crippen molar-refractivity contribution in [3.05, 3.63) is 70.0 Å². The number of aromatic nitrogens is 2. The topological polar surface area (TPSA) is 134 Å². The average Bonchev–Trinajstić information content (AvgIpc) is 3.05. The fourth-order valence-electron chi connectivity index (χ4n) is 3.14. The molecule has 162 valence electrons. The lowest BCUT2D eigenvalue weighted by Gasteiger charge is -2.13. The van der Waals surface area contributed by atoms with Gasteiger partial charge in [0.1, 0.15) is 0 Å². The molecular weight excluding hydrogens is 400 g/mol. The van der Waals surface area contributed by atoms with Crippen molar-refractivity contribution in [1.82, 2.24) is 9.78 Å². The molecule has 0 aliphatic carbocycles. The second-order valence-electron chi connectivity index (χ2n) is 6.83. The first kappa shape index (κ1) is 21.8. The van der Waals surface area contributed by atoms with Crippen LogP contribution in [0, 0.1) is 24.0 Å². The van der Waals surface area contributed by atoms with E-state index in [0.29, 0.717) is 22.8 Å². The Kier molecular flexibility index (Phi) is 6.83. The van der Waals surface area contributed by atoms with Crippen molar-refractivity contribution in [1.29, 1.82) is 0 Å². The van der Waals surface area contributed by atoms with Crippen LogP contribution in [0.25, 0.3) is 5.69 Å². The van der Waals surface area contributed by atoms with Crippen LogP contribution in [0.15, 0.2) is 48.5 Å². The summed E-state index contributed by atoms with van der Waals surface area (Å²) >= 11 is 0. The Morgan fingerprint density at radius 3 is 2.55 bits per heavy atom. The molecule has 0 fully saturated rings. The Bertz CT molecular complexity index is 1080. The number of non-ortho nitro benzene ring substituents is 1. The van der Waals surface area contributed by atoms with Crippen LogP contribution < -0.4 is 16.0 Å². The number of nitro benzene ring substituents is 1. The van der Waals surface area contributed by atoms with Gasteiger partial charge in [-0.15, -0.1) is 0 Å². The molecule has 0 atom stereocenters. The van der Waals surface area contributed by atoms with E-state index in [-0.39, 0.29) is 31.3 Å². The van der Waals surface area contributed by atoms with Crippen molar-refractivity contribution in [3.63, 3.8) is 0 Å². The van der Waals surface area contributed by atoms with E-state index < -0.39 is 4.92 Å². The first-order chi connectivity index (χ1) is 14.9. The summed E-state index contributed by atoms with van der Waals surface area (Å²) in [7, 11) is 0. The van der Waals surface area contributed by atoms with E-state index in [1.54, 1.807) is 4.68 Å². The first-order valence-electron chi connectivity index (χ1n) is 9.69. The fourth-order valence-corrected chi connectivity index (χ4v) is 3.14. The van der Waals surface area contributed by atoms with E-state index in [9.17, 15) is 14.9 Å². The minimum atomic E-state index is -0.508. The summed E-state index contributed by atoms with van der Waals surface area (Å²) in [6.07, 6.45) is 0. The van der Waals surface area contributed by atoms with Crippen LogP contribution in [0.4, 0.5) is 22.7 Å². The van der Waals surface area contributed by atoms with Gasteiger partial charge in [0.05, 0.1) is 52.2 Å². The molecule has 10 heteroatoms. The van der Waals surface area contributed by atoms with Crippen LogP contribution in [0.5, 0.6) is 0 Å². The van der Waals surface area contributed by atoms with Gasteiger partial charge < -0.3 is 21.1 Å². The average molecular weight is 424 g/mol. The van der Waals surface area contributed by atoms with E-state index in [2.05, 4.69) is 21.0 Å². The number of aryl methyl sites for hydroxylation is 1. The summed E-state index contributed by atoms with van der Waals surface area (Å²) in [6.45, 7) is 3.75. The van der Waals surface area contributed by atoms with E-state index in [4.69, 9.17) is 5.11 Å². The number of nitro groups is 1. The fraction of sp³-hybridized carbons (Fsp3) is 0.238. The van der Waals surface area contributed by atoms with Gasteiger partial charge in [0.15, 0.2) is 0 Å². The van der Waals surface area contributed by atoms with Gasteiger partial charge in [-0.3, -0.25) is 14.9 Å². The third kappa shape index (κ3) is 5.17. The molecule has 0 unspecified atom stereocenters. The van der Waals surface area contributed by atoms with Crippen molar-refractivity contribution >= 4 is 28.7 Å². The number of aliphatic hydroxyl groups excluding tert-OH is 1. The minimum absolute atomic E-state index is 0.0964. The number of benzene rings is 2. The number of para-hydroxylation sites is 1. The number of hydrogen-bond donors (Lipinski definition) is 4. The van der Waals surface area contributed by atoms with Gasteiger partial charge in [0.25, 0.3) is 5.69 Å². The second kappa shape index (κ2) is 9.72. The summed E-state index contributed by atoms with van der Waals surface area (Å²) < 4.78 is 1.76. The molecule has 10 nitrogen and oxygen atoms in total. The molecule has 1 heterocycles. The number of nitrogens with one attached hydrogen (secondary N) is 3. The number of carbonyl (C=O) groups is 1. The maximum atomic E-state index is 12.6. The molecule has 3 rings (SSSR count). The highest BCUT2D eigenvalue weighted by molar-refractivity contribution is 5.95. The molecule has 0 saturated heterocycles. The second-order valence-corrected chi connectivity index (χ2v) is 6.83. The minimum Gasteiger partial charge on any atom is -0.395 e. The highest BCUT2D eigenvalue weighted by Gasteiger charge is 2.16. The molecule has 0 saturated carbocycles. The van der Waals surface area contributed by atoms with Crippen LogP contribution in [-0.4, -0.2) is 45.4 Å². The van der Waals surface area contributed by atoms with Gasteiger partial charge in [-0.2, -0.15) is 5.10 Å². The molecule has 0 radical (unpaired) electrons. The SMILES string of the molecule is Cc1nn(-c2ccccc2)c(C)c1NC(=O)CNc1cc([N+](=O)[O-])ccc1NCCO. The molecule has 0 aliphatic heterocycles.